The fourth-order valence-electron chi connectivity index (χ4n) is 4.12. The van der Waals surface area contributed by atoms with Crippen molar-refractivity contribution < 1.29 is 0 Å². The summed E-state index contributed by atoms with van der Waals surface area (Å²) >= 11 is 0. The number of hydrogen-bond donors (Lipinski definition) is 1. The lowest BCUT2D eigenvalue weighted by molar-refractivity contribution is 0.0355. The van der Waals surface area contributed by atoms with E-state index in [0.29, 0.717) is 5.54 Å². The molecule has 1 aliphatic carbocycles. The van der Waals surface area contributed by atoms with Gasteiger partial charge in [-0.3, -0.25) is 4.90 Å². The molecule has 0 radical (unpaired) electrons. The molecule has 1 heterocycles. The Kier molecular flexibility index (Phi) is 5.08. The second-order valence-corrected chi connectivity index (χ2v) is 6.45. The summed E-state index contributed by atoms with van der Waals surface area (Å²) in [5, 5.41) is 3.90. The van der Waals surface area contributed by atoms with Gasteiger partial charge >= 0.3 is 0 Å². The van der Waals surface area contributed by atoms with Gasteiger partial charge < -0.3 is 5.32 Å². The second kappa shape index (κ2) is 6.38. The highest BCUT2D eigenvalue weighted by Gasteiger charge is 2.42. The van der Waals surface area contributed by atoms with Crippen molar-refractivity contribution in [2.45, 2.75) is 89.8 Å². The third-order valence-electron chi connectivity index (χ3n) is 5.26. The minimum absolute atomic E-state index is 0.479. The van der Waals surface area contributed by atoms with Crippen LogP contribution in [0.3, 0.4) is 0 Å². The summed E-state index contributed by atoms with van der Waals surface area (Å²) in [5.74, 6) is 0. The Bertz CT molecular complexity index is 245. The van der Waals surface area contributed by atoms with Gasteiger partial charge in [-0.25, -0.2) is 0 Å². The molecular weight excluding hydrogens is 220 g/mol. The van der Waals surface area contributed by atoms with Crippen LogP contribution < -0.4 is 5.32 Å². The molecular formula is C16H32N2. The zero-order valence-electron chi connectivity index (χ0n) is 12.7. The molecule has 2 heteroatoms. The van der Waals surface area contributed by atoms with Crippen LogP contribution in [0.15, 0.2) is 0 Å². The molecule has 1 saturated carbocycles. The van der Waals surface area contributed by atoms with E-state index in [9.17, 15) is 0 Å². The van der Waals surface area contributed by atoms with Gasteiger partial charge in [0.15, 0.2) is 0 Å². The lowest BCUT2D eigenvalue weighted by atomic mass is 9.89. The van der Waals surface area contributed by atoms with Crippen molar-refractivity contribution in [3.05, 3.63) is 0 Å². The molecule has 0 aromatic heterocycles. The van der Waals surface area contributed by atoms with Gasteiger partial charge in [0.1, 0.15) is 0 Å². The third kappa shape index (κ3) is 2.91. The first-order valence-electron chi connectivity index (χ1n) is 8.25. The van der Waals surface area contributed by atoms with Crippen LogP contribution in [0.4, 0.5) is 0 Å². The first-order chi connectivity index (χ1) is 8.74. The van der Waals surface area contributed by atoms with Gasteiger partial charge in [0.05, 0.1) is 0 Å². The van der Waals surface area contributed by atoms with Gasteiger partial charge in [0, 0.05) is 30.7 Å². The van der Waals surface area contributed by atoms with Crippen LogP contribution >= 0.6 is 0 Å². The summed E-state index contributed by atoms with van der Waals surface area (Å²) in [7, 11) is 0. The average Bonchev–Trinajstić information content (AvgIpc) is 2.84. The normalized spacial score (nSPS) is 29.8. The molecule has 0 bridgehead atoms. The Morgan fingerprint density at radius 1 is 1.22 bits per heavy atom. The maximum atomic E-state index is 3.90. The average molecular weight is 252 g/mol. The highest BCUT2D eigenvalue weighted by Crippen LogP contribution is 2.35. The van der Waals surface area contributed by atoms with Gasteiger partial charge in [0.25, 0.3) is 0 Å². The van der Waals surface area contributed by atoms with Gasteiger partial charge in [-0.15, -0.1) is 0 Å². The molecule has 1 N–H and O–H groups in total. The van der Waals surface area contributed by atoms with E-state index in [-0.39, 0.29) is 0 Å². The molecule has 2 aliphatic rings. The highest BCUT2D eigenvalue weighted by molar-refractivity contribution is 5.02. The van der Waals surface area contributed by atoms with Crippen molar-refractivity contribution in [1.82, 2.24) is 10.2 Å². The van der Waals surface area contributed by atoms with Gasteiger partial charge in [-0.05, 0) is 32.1 Å². The summed E-state index contributed by atoms with van der Waals surface area (Å²) in [4.78, 5) is 2.87. The topological polar surface area (TPSA) is 15.3 Å². The van der Waals surface area contributed by atoms with E-state index in [1.807, 2.05) is 0 Å². The van der Waals surface area contributed by atoms with Crippen molar-refractivity contribution in [2.75, 3.05) is 13.1 Å². The molecule has 2 unspecified atom stereocenters. The maximum absolute atomic E-state index is 3.90. The molecule has 1 spiro atoms. The number of nitrogens with one attached hydrogen (secondary N) is 1. The van der Waals surface area contributed by atoms with E-state index in [1.165, 1.54) is 64.5 Å². The quantitative estimate of drug-likeness (QED) is 0.805. The van der Waals surface area contributed by atoms with Crippen LogP contribution in [0, 0.1) is 0 Å². The Labute approximate surface area is 114 Å². The zero-order valence-corrected chi connectivity index (χ0v) is 12.7. The molecule has 18 heavy (non-hydrogen) atoms. The van der Waals surface area contributed by atoms with Crippen LogP contribution in [0.5, 0.6) is 0 Å². The van der Waals surface area contributed by atoms with E-state index in [1.54, 1.807) is 0 Å². The number of nitrogens with zero attached hydrogens (tertiary/aromatic N) is 1. The highest BCUT2D eigenvalue weighted by atomic mass is 15.3. The lowest BCUT2D eigenvalue weighted by Gasteiger charge is -2.49. The number of hydrogen-bond acceptors (Lipinski definition) is 2. The Balaban J connectivity index is 2.06. The minimum atomic E-state index is 0.479. The standard InChI is InChI=1S/C16H32N2/c1-4-9-14(5-2)18-13-16(10-7-8-11-16)17-12-15(18)6-3/h14-15,17H,4-13H2,1-3H3. The zero-order chi connectivity index (χ0) is 13.0. The first kappa shape index (κ1) is 14.3. The number of rotatable bonds is 5. The molecule has 2 atom stereocenters. The monoisotopic (exact) mass is 252 g/mol. The predicted molar refractivity (Wildman–Crippen MR) is 79.0 cm³/mol. The first-order valence-corrected chi connectivity index (χ1v) is 8.25. The van der Waals surface area contributed by atoms with Crippen molar-refractivity contribution in [1.29, 1.82) is 0 Å². The van der Waals surface area contributed by atoms with Crippen LogP contribution in [0.25, 0.3) is 0 Å². The summed E-state index contributed by atoms with van der Waals surface area (Å²) in [6.45, 7) is 9.58. The number of piperazine rings is 1. The molecule has 0 aromatic carbocycles. The summed E-state index contributed by atoms with van der Waals surface area (Å²) < 4.78 is 0. The second-order valence-electron chi connectivity index (χ2n) is 6.45. The SMILES string of the molecule is CCCC(CC)N1CC2(CCCC2)NCC1CC. The fraction of sp³-hybridized carbons (Fsp3) is 1.00. The molecule has 2 nitrogen and oxygen atoms in total. The van der Waals surface area contributed by atoms with Gasteiger partial charge in [-0.2, -0.15) is 0 Å². The van der Waals surface area contributed by atoms with Crippen LogP contribution in [0.2, 0.25) is 0 Å². The molecule has 1 aliphatic heterocycles. The third-order valence-corrected chi connectivity index (χ3v) is 5.26. The Hall–Kier alpha value is -0.0800. The fourth-order valence-corrected chi connectivity index (χ4v) is 4.12. The molecule has 0 amide bonds. The minimum Gasteiger partial charge on any atom is -0.308 e. The molecule has 2 rings (SSSR count). The van der Waals surface area contributed by atoms with E-state index in [0.717, 1.165) is 12.1 Å². The van der Waals surface area contributed by atoms with E-state index >= 15 is 0 Å². The van der Waals surface area contributed by atoms with Crippen molar-refractivity contribution in [2.24, 2.45) is 0 Å². The van der Waals surface area contributed by atoms with Gasteiger partial charge in [0.2, 0.25) is 0 Å². The van der Waals surface area contributed by atoms with Crippen LogP contribution in [-0.2, 0) is 0 Å². The maximum Gasteiger partial charge on any atom is 0.0309 e. The summed E-state index contributed by atoms with van der Waals surface area (Å²) in [5.41, 5.74) is 0.479. The van der Waals surface area contributed by atoms with E-state index in [4.69, 9.17) is 0 Å². The van der Waals surface area contributed by atoms with E-state index < -0.39 is 0 Å². The van der Waals surface area contributed by atoms with E-state index in [2.05, 4.69) is 31.0 Å². The van der Waals surface area contributed by atoms with Crippen molar-refractivity contribution >= 4 is 0 Å². The molecule has 106 valence electrons. The molecule has 1 saturated heterocycles. The molecule has 0 aromatic rings. The summed E-state index contributed by atoms with van der Waals surface area (Å²) in [6, 6.07) is 1.59. The summed E-state index contributed by atoms with van der Waals surface area (Å²) in [6.07, 6.45) is 11.0. The van der Waals surface area contributed by atoms with Crippen LogP contribution in [0.1, 0.15) is 72.1 Å². The Morgan fingerprint density at radius 3 is 2.50 bits per heavy atom. The largest absolute Gasteiger partial charge is 0.308 e. The molecule has 2 fully saturated rings. The smallest absolute Gasteiger partial charge is 0.0309 e. The van der Waals surface area contributed by atoms with Gasteiger partial charge in [-0.1, -0.05) is 40.0 Å². The van der Waals surface area contributed by atoms with Crippen LogP contribution in [-0.4, -0.2) is 35.6 Å². The predicted octanol–water partition coefficient (Wildman–Crippen LogP) is 3.56. The van der Waals surface area contributed by atoms with Crippen molar-refractivity contribution in [3.8, 4) is 0 Å². The Morgan fingerprint density at radius 2 is 1.94 bits per heavy atom. The van der Waals surface area contributed by atoms with Crippen molar-refractivity contribution in [3.63, 3.8) is 0 Å². The lowest BCUT2D eigenvalue weighted by Crippen LogP contribution is -2.65.